The van der Waals surface area contributed by atoms with Gasteiger partial charge in [0.25, 0.3) is 0 Å². The van der Waals surface area contributed by atoms with E-state index in [0.717, 1.165) is 5.56 Å². The van der Waals surface area contributed by atoms with Gasteiger partial charge in [-0.2, -0.15) is 0 Å². The van der Waals surface area contributed by atoms with Gasteiger partial charge in [0.15, 0.2) is 5.78 Å². The number of ether oxygens (including phenoxy) is 3. The van der Waals surface area contributed by atoms with Crippen LogP contribution in [-0.2, 0) is 35.0 Å². The zero-order valence-electron chi connectivity index (χ0n) is 22.9. The van der Waals surface area contributed by atoms with Crippen LogP contribution in [0.15, 0.2) is 42.5 Å². The maximum atomic E-state index is 14.4. The molecule has 3 heterocycles. The van der Waals surface area contributed by atoms with E-state index in [2.05, 4.69) is 5.32 Å². The molecule has 9 heteroatoms. The van der Waals surface area contributed by atoms with Crippen LogP contribution in [0.5, 0.6) is 0 Å². The average Bonchev–Trinajstić information content (AvgIpc) is 3.75. The Morgan fingerprint density at radius 2 is 1.85 bits per heavy atom. The summed E-state index contributed by atoms with van der Waals surface area (Å²) >= 11 is 0. The highest BCUT2D eigenvalue weighted by atomic mass is 16.7. The molecule has 0 aromatic heterocycles. The Labute approximate surface area is 227 Å². The molecule has 0 unspecified atom stereocenters. The summed E-state index contributed by atoms with van der Waals surface area (Å²) in [5, 5.41) is 26.4. The number of carbonyl (C=O) groups is 3. The molecule has 0 radical (unpaired) electrons. The van der Waals surface area contributed by atoms with Crippen molar-refractivity contribution in [3.05, 3.63) is 48.0 Å². The first-order chi connectivity index (χ1) is 18.3. The van der Waals surface area contributed by atoms with E-state index >= 15 is 0 Å². The van der Waals surface area contributed by atoms with Crippen molar-refractivity contribution in [3.63, 3.8) is 0 Å². The summed E-state index contributed by atoms with van der Waals surface area (Å²) in [6, 6.07) is 9.40. The third-order valence-corrected chi connectivity index (χ3v) is 10.3. The third kappa shape index (κ3) is 3.49. The lowest BCUT2D eigenvalue weighted by Gasteiger charge is -2.51. The van der Waals surface area contributed by atoms with Gasteiger partial charge in [-0.1, -0.05) is 49.4 Å². The lowest BCUT2D eigenvalue weighted by atomic mass is 9.49. The second-order valence-electron chi connectivity index (χ2n) is 12.6. The molecule has 1 amide bonds. The number of ketones is 1. The molecule has 5 aliphatic rings. The minimum Gasteiger partial charge on any atom is -0.458 e. The van der Waals surface area contributed by atoms with E-state index in [1.54, 1.807) is 19.1 Å². The summed E-state index contributed by atoms with van der Waals surface area (Å²) in [4.78, 5) is 40.2. The summed E-state index contributed by atoms with van der Waals surface area (Å²) < 4.78 is 18.3. The quantitative estimate of drug-likeness (QED) is 0.298. The number of fused-ring (bicyclic) bond motifs is 3. The Kier molecular flexibility index (Phi) is 5.77. The summed E-state index contributed by atoms with van der Waals surface area (Å²) in [6.07, 6.45) is 0.231. The van der Waals surface area contributed by atoms with Gasteiger partial charge in [-0.25, -0.2) is 0 Å². The average molecular weight is 540 g/mol. The van der Waals surface area contributed by atoms with Gasteiger partial charge in [0.2, 0.25) is 5.91 Å². The van der Waals surface area contributed by atoms with E-state index in [9.17, 15) is 24.6 Å². The number of carbonyl (C=O) groups excluding carboxylic acids is 3. The summed E-state index contributed by atoms with van der Waals surface area (Å²) in [5.41, 5.74) is -4.15. The molecule has 2 aliphatic carbocycles. The zero-order chi connectivity index (χ0) is 28.1. The molecule has 1 spiro atoms. The lowest BCUT2D eigenvalue weighted by molar-refractivity contribution is -0.178. The number of Topliss-reactive ketones (excluding diaryl/α,β-unsaturated/α-hetero) is 1. The molecule has 9 nitrogen and oxygen atoms in total. The van der Waals surface area contributed by atoms with Crippen molar-refractivity contribution in [1.82, 2.24) is 5.32 Å². The highest BCUT2D eigenvalue weighted by Crippen LogP contribution is 2.71. The van der Waals surface area contributed by atoms with Crippen LogP contribution in [0.2, 0.25) is 0 Å². The number of amides is 1. The number of benzene rings is 1. The van der Waals surface area contributed by atoms with E-state index < -0.39 is 76.4 Å². The lowest BCUT2D eigenvalue weighted by Crippen LogP contribution is -2.67. The fourth-order valence-corrected chi connectivity index (χ4v) is 8.19. The number of esters is 1. The van der Waals surface area contributed by atoms with Gasteiger partial charge < -0.3 is 29.7 Å². The van der Waals surface area contributed by atoms with E-state index in [-0.39, 0.29) is 11.7 Å². The molecule has 3 aliphatic heterocycles. The molecule has 6 rings (SSSR count). The topological polar surface area (TPSA) is 138 Å². The Morgan fingerprint density at radius 1 is 1.15 bits per heavy atom. The highest BCUT2D eigenvalue weighted by molar-refractivity contribution is 5.91. The second kappa shape index (κ2) is 8.46. The van der Waals surface area contributed by atoms with Crippen LogP contribution < -0.4 is 5.32 Å². The first-order valence-electron chi connectivity index (χ1n) is 13.8. The molecule has 0 bridgehead atoms. The van der Waals surface area contributed by atoms with Crippen LogP contribution in [-0.4, -0.2) is 75.1 Å². The fraction of sp³-hybridized carbons (Fsp3) is 0.633. The summed E-state index contributed by atoms with van der Waals surface area (Å²) in [6.45, 7) is 8.18. The normalized spacial score (nSPS) is 50.7. The van der Waals surface area contributed by atoms with E-state index in [1.807, 2.05) is 44.2 Å². The molecule has 3 saturated heterocycles. The minimum atomic E-state index is -1.84. The van der Waals surface area contributed by atoms with Crippen molar-refractivity contribution in [1.29, 1.82) is 0 Å². The molecule has 1 aromatic rings. The van der Waals surface area contributed by atoms with Crippen molar-refractivity contribution in [3.8, 4) is 0 Å². The largest absolute Gasteiger partial charge is 0.458 e. The number of aliphatic hydroxyl groups excluding tert-OH is 1. The minimum absolute atomic E-state index is 0.304. The van der Waals surface area contributed by atoms with Gasteiger partial charge >= 0.3 is 5.97 Å². The summed E-state index contributed by atoms with van der Waals surface area (Å²) in [5.74, 6) is -3.22. The molecule has 3 N–H and O–H groups in total. The number of epoxide rings is 2. The molecule has 1 saturated carbocycles. The first kappa shape index (κ1) is 26.6. The smallest absolute Gasteiger partial charge is 0.303 e. The number of hydrogen-bond donors (Lipinski definition) is 3. The van der Waals surface area contributed by atoms with Crippen LogP contribution in [0.3, 0.4) is 0 Å². The Balaban J connectivity index is 1.56. The predicted octanol–water partition coefficient (Wildman–Crippen LogP) is 1.48. The second-order valence-corrected chi connectivity index (χ2v) is 12.6. The highest BCUT2D eigenvalue weighted by Gasteiger charge is 2.87. The van der Waals surface area contributed by atoms with Crippen LogP contribution in [0, 0.1) is 23.2 Å². The third-order valence-electron chi connectivity index (χ3n) is 10.3. The molecule has 4 fully saturated rings. The van der Waals surface area contributed by atoms with Gasteiger partial charge in [0, 0.05) is 30.7 Å². The molecule has 39 heavy (non-hydrogen) atoms. The van der Waals surface area contributed by atoms with E-state index in [4.69, 9.17) is 14.2 Å². The molecule has 210 valence electrons. The van der Waals surface area contributed by atoms with Crippen molar-refractivity contribution in [2.75, 3.05) is 0 Å². The number of rotatable bonds is 3. The maximum Gasteiger partial charge on any atom is 0.303 e. The zero-order valence-corrected chi connectivity index (χ0v) is 22.9. The monoisotopic (exact) mass is 539 g/mol. The number of hydrogen-bond acceptors (Lipinski definition) is 8. The van der Waals surface area contributed by atoms with Crippen LogP contribution >= 0.6 is 0 Å². The maximum absolute atomic E-state index is 14.4. The van der Waals surface area contributed by atoms with Crippen LogP contribution in [0.25, 0.3) is 0 Å². The van der Waals surface area contributed by atoms with Crippen LogP contribution in [0.1, 0.15) is 46.6 Å². The molecule has 12 atom stereocenters. The Hall–Kier alpha value is -2.59. The predicted molar refractivity (Wildman–Crippen MR) is 138 cm³/mol. The van der Waals surface area contributed by atoms with E-state index in [1.165, 1.54) is 13.8 Å². The van der Waals surface area contributed by atoms with Crippen molar-refractivity contribution < 1.29 is 38.8 Å². The molecule has 1 aromatic carbocycles. The number of allylic oxidation sites excluding steroid dienone is 1. The van der Waals surface area contributed by atoms with Crippen LogP contribution in [0.4, 0.5) is 0 Å². The van der Waals surface area contributed by atoms with Crippen molar-refractivity contribution >= 4 is 17.7 Å². The van der Waals surface area contributed by atoms with Gasteiger partial charge in [-0.05, 0) is 39.2 Å². The van der Waals surface area contributed by atoms with Gasteiger partial charge in [-0.3, -0.25) is 14.4 Å². The standard InChI is InChI=1S/C30H37NO8/c1-15-10-9-13-18-23(34)29(5)28(4,39-29)21-19(14-17-11-7-6-8-12-17)31-26(35)30(18,21)25(37-16(2)32)20-24(38-20)27(3,36)22(15)33/h6-9,11-13,15,18-21,23-25,34,36H,10,14H2,1-5H3,(H,31,35)/b13-9+/t15-,18-,19-,20+,21+,23-,24+,25+,27-,28+,29-,30-/m0/s1. The fourth-order valence-electron chi connectivity index (χ4n) is 8.19. The molecular formula is C30H37NO8. The Morgan fingerprint density at radius 3 is 2.51 bits per heavy atom. The van der Waals surface area contributed by atoms with E-state index in [0.29, 0.717) is 12.8 Å². The number of nitrogens with one attached hydrogen (secondary N) is 1. The van der Waals surface area contributed by atoms with Gasteiger partial charge in [0.05, 0.1) is 6.10 Å². The number of aliphatic hydroxyl groups is 2. The Bertz CT molecular complexity index is 1250. The first-order valence-corrected chi connectivity index (χ1v) is 13.8. The SMILES string of the molecule is CC(=O)O[C@@H]1[C@@H]2O[C@H]2[C@@](C)(O)C(=O)[C@@H](C)C/C=C/[C@H]2[C@H](O)[C@]3(C)O[C@]3(C)[C@H]3[C@H](Cc4ccccc4)NC(=O)[C@@]123. The summed E-state index contributed by atoms with van der Waals surface area (Å²) in [7, 11) is 0. The van der Waals surface area contributed by atoms with Gasteiger partial charge in [-0.15, -0.1) is 0 Å². The van der Waals surface area contributed by atoms with Crippen molar-refractivity contribution in [2.45, 2.75) is 94.7 Å². The molecular weight excluding hydrogens is 502 g/mol. The van der Waals surface area contributed by atoms with Gasteiger partial charge in [0.1, 0.15) is 40.5 Å². The van der Waals surface area contributed by atoms with Crippen molar-refractivity contribution in [2.24, 2.45) is 23.2 Å².